The second-order valence-electron chi connectivity index (χ2n) is 8.86. The van der Waals surface area contributed by atoms with Gasteiger partial charge in [-0.3, -0.25) is 9.59 Å². The topological polar surface area (TPSA) is 80.1 Å². The molecule has 1 amide bonds. The SMILES string of the molecule is Cc1c(-c2ccccc2)oc2c(C(=O)OCC(=O)N3CCN(c4cccc(Cl)c4)CC3)cccc2c1=O. The first-order valence-electron chi connectivity index (χ1n) is 12.0. The minimum absolute atomic E-state index is 0.102. The Kier molecular flexibility index (Phi) is 6.97. The van der Waals surface area contributed by atoms with E-state index in [0.29, 0.717) is 42.5 Å². The van der Waals surface area contributed by atoms with Gasteiger partial charge in [-0.1, -0.05) is 54.1 Å². The van der Waals surface area contributed by atoms with Gasteiger partial charge in [-0.05, 0) is 37.3 Å². The maximum Gasteiger partial charge on any atom is 0.342 e. The van der Waals surface area contributed by atoms with E-state index in [1.54, 1.807) is 24.0 Å². The number of anilines is 1. The van der Waals surface area contributed by atoms with E-state index in [1.165, 1.54) is 6.07 Å². The molecule has 0 saturated carbocycles. The van der Waals surface area contributed by atoms with Crippen molar-refractivity contribution in [3.63, 3.8) is 0 Å². The van der Waals surface area contributed by atoms with E-state index in [4.69, 9.17) is 20.8 Å². The minimum atomic E-state index is -0.720. The Labute approximate surface area is 218 Å². The lowest BCUT2D eigenvalue weighted by molar-refractivity contribution is -0.134. The predicted octanol–water partition coefficient (Wildman–Crippen LogP) is 4.93. The fourth-order valence-corrected chi connectivity index (χ4v) is 4.70. The van der Waals surface area contributed by atoms with Crippen LogP contribution in [0.2, 0.25) is 5.02 Å². The van der Waals surface area contributed by atoms with Gasteiger partial charge in [0.2, 0.25) is 0 Å². The van der Waals surface area contributed by atoms with Gasteiger partial charge in [-0.2, -0.15) is 0 Å². The molecule has 0 atom stereocenters. The number of piperazine rings is 1. The fraction of sp³-hybridized carbons (Fsp3) is 0.207. The number of hydrogen-bond acceptors (Lipinski definition) is 6. The van der Waals surface area contributed by atoms with Gasteiger partial charge in [0.1, 0.15) is 11.3 Å². The van der Waals surface area contributed by atoms with E-state index in [1.807, 2.05) is 54.6 Å². The van der Waals surface area contributed by atoms with Crippen molar-refractivity contribution in [1.82, 2.24) is 4.90 Å². The molecule has 3 aromatic carbocycles. The summed E-state index contributed by atoms with van der Waals surface area (Å²) >= 11 is 6.09. The van der Waals surface area contributed by atoms with Gasteiger partial charge in [-0.15, -0.1) is 0 Å². The molecule has 0 aliphatic carbocycles. The molecule has 2 heterocycles. The van der Waals surface area contributed by atoms with Crippen molar-refractivity contribution in [2.75, 3.05) is 37.7 Å². The summed E-state index contributed by atoms with van der Waals surface area (Å²) in [7, 11) is 0. The summed E-state index contributed by atoms with van der Waals surface area (Å²) in [4.78, 5) is 42.6. The highest BCUT2D eigenvalue weighted by molar-refractivity contribution is 6.30. The van der Waals surface area contributed by atoms with E-state index in [9.17, 15) is 14.4 Å². The molecule has 5 rings (SSSR count). The predicted molar refractivity (Wildman–Crippen MR) is 143 cm³/mol. The molecule has 7 nitrogen and oxygen atoms in total. The number of amides is 1. The number of para-hydroxylation sites is 1. The zero-order valence-corrected chi connectivity index (χ0v) is 21.0. The van der Waals surface area contributed by atoms with Crippen LogP contribution < -0.4 is 10.3 Å². The van der Waals surface area contributed by atoms with Crippen LogP contribution in [0, 0.1) is 6.92 Å². The number of ether oxygens (including phenoxy) is 1. The van der Waals surface area contributed by atoms with Gasteiger partial charge < -0.3 is 19.0 Å². The Hall–Kier alpha value is -4.10. The van der Waals surface area contributed by atoms with Crippen molar-refractivity contribution in [3.8, 4) is 11.3 Å². The van der Waals surface area contributed by atoms with E-state index in [-0.39, 0.29) is 27.9 Å². The van der Waals surface area contributed by atoms with Crippen molar-refractivity contribution < 1.29 is 18.7 Å². The number of carbonyl (C=O) groups excluding carboxylic acids is 2. The normalized spacial score (nSPS) is 13.6. The quantitative estimate of drug-likeness (QED) is 0.350. The maximum atomic E-state index is 13.0. The van der Waals surface area contributed by atoms with Crippen LogP contribution in [0.1, 0.15) is 15.9 Å². The van der Waals surface area contributed by atoms with Crippen LogP contribution >= 0.6 is 11.6 Å². The smallest absolute Gasteiger partial charge is 0.342 e. The summed E-state index contributed by atoms with van der Waals surface area (Å²) in [5.41, 5.74) is 2.22. The Morgan fingerprint density at radius 2 is 1.68 bits per heavy atom. The summed E-state index contributed by atoms with van der Waals surface area (Å²) < 4.78 is 11.5. The van der Waals surface area contributed by atoms with Crippen molar-refractivity contribution in [2.24, 2.45) is 0 Å². The second kappa shape index (κ2) is 10.5. The van der Waals surface area contributed by atoms with Crippen LogP contribution in [0.15, 0.2) is 82.0 Å². The lowest BCUT2D eigenvalue weighted by Crippen LogP contribution is -2.49. The molecule has 37 heavy (non-hydrogen) atoms. The zero-order chi connectivity index (χ0) is 25.9. The van der Waals surface area contributed by atoms with Gasteiger partial charge in [-0.25, -0.2) is 4.79 Å². The number of fused-ring (bicyclic) bond motifs is 1. The van der Waals surface area contributed by atoms with Gasteiger partial charge in [0.05, 0.1) is 5.39 Å². The first-order chi connectivity index (χ1) is 17.9. The molecule has 1 saturated heterocycles. The third-order valence-electron chi connectivity index (χ3n) is 6.53. The van der Waals surface area contributed by atoms with Crippen LogP contribution in [0.25, 0.3) is 22.3 Å². The van der Waals surface area contributed by atoms with E-state index in [0.717, 1.165) is 11.3 Å². The number of esters is 1. The van der Waals surface area contributed by atoms with Gasteiger partial charge in [0.15, 0.2) is 17.6 Å². The standard InChI is InChI=1S/C29H25ClN2O5/c1-19-26(34)23-11-6-12-24(28(23)37-27(19)20-7-3-2-4-8-20)29(35)36-18-25(33)32-15-13-31(14-16-32)22-10-5-9-21(30)17-22/h2-12,17H,13-16,18H2,1H3. The van der Waals surface area contributed by atoms with Crippen LogP contribution in [-0.2, 0) is 9.53 Å². The average molecular weight is 517 g/mol. The monoisotopic (exact) mass is 516 g/mol. The molecule has 0 bridgehead atoms. The summed E-state index contributed by atoms with van der Waals surface area (Å²) in [5.74, 6) is -0.601. The number of benzene rings is 3. The molecule has 1 fully saturated rings. The highest BCUT2D eigenvalue weighted by atomic mass is 35.5. The zero-order valence-electron chi connectivity index (χ0n) is 20.3. The highest BCUT2D eigenvalue weighted by Gasteiger charge is 2.24. The first-order valence-corrected chi connectivity index (χ1v) is 12.4. The third-order valence-corrected chi connectivity index (χ3v) is 6.77. The lowest BCUT2D eigenvalue weighted by atomic mass is 10.0. The van der Waals surface area contributed by atoms with Gasteiger partial charge >= 0.3 is 5.97 Å². The third kappa shape index (κ3) is 5.08. The number of carbonyl (C=O) groups is 2. The highest BCUT2D eigenvalue weighted by Crippen LogP contribution is 2.27. The Bertz CT molecular complexity index is 1520. The van der Waals surface area contributed by atoms with E-state index < -0.39 is 12.6 Å². The number of nitrogens with zero attached hydrogens (tertiary/aromatic N) is 2. The number of hydrogen-bond donors (Lipinski definition) is 0. The van der Waals surface area contributed by atoms with Crippen molar-refractivity contribution in [2.45, 2.75) is 6.92 Å². The van der Waals surface area contributed by atoms with Crippen LogP contribution in [0.4, 0.5) is 5.69 Å². The molecule has 8 heteroatoms. The Morgan fingerprint density at radius 3 is 2.41 bits per heavy atom. The molecule has 0 spiro atoms. The molecular weight excluding hydrogens is 492 g/mol. The van der Waals surface area contributed by atoms with Crippen molar-refractivity contribution in [1.29, 1.82) is 0 Å². The molecule has 1 aromatic heterocycles. The maximum absolute atomic E-state index is 13.0. The van der Waals surface area contributed by atoms with Crippen molar-refractivity contribution in [3.05, 3.63) is 99.2 Å². The molecule has 0 radical (unpaired) electrons. The lowest BCUT2D eigenvalue weighted by Gasteiger charge is -2.36. The Balaban J connectivity index is 1.29. The van der Waals surface area contributed by atoms with E-state index >= 15 is 0 Å². The molecule has 4 aromatic rings. The Morgan fingerprint density at radius 1 is 0.946 bits per heavy atom. The molecule has 1 aliphatic heterocycles. The molecule has 0 N–H and O–H groups in total. The molecular formula is C29H25ClN2O5. The fourth-order valence-electron chi connectivity index (χ4n) is 4.52. The summed E-state index contributed by atoms with van der Waals surface area (Å²) in [6.07, 6.45) is 0. The number of halogens is 1. The molecule has 1 aliphatic rings. The van der Waals surface area contributed by atoms with Gasteiger partial charge in [0, 0.05) is 48.0 Å². The summed E-state index contributed by atoms with van der Waals surface area (Å²) in [6.45, 7) is 3.61. The average Bonchev–Trinajstić information content (AvgIpc) is 2.93. The van der Waals surface area contributed by atoms with Crippen LogP contribution in [-0.4, -0.2) is 49.6 Å². The van der Waals surface area contributed by atoms with Crippen molar-refractivity contribution >= 4 is 40.1 Å². The molecule has 188 valence electrons. The van der Waals surface area contributed by atoms with E-state index in [2.05, 4.69) is 4.90 Å². The second-order valence-corrected chi connectivity index (χ2v) is 9.29. The number of rotatable bonds is 5. The largest absolute Gasteiger partial charge is 0.455 e. The molecule has 0 unspecified atom stereocenters. The van der Waals surface area contributed by atoms with Crippen LogP contribution in [0.5, 0.6) is 0 Å². The first kappa shape index (κ1) is 24.6. The van der Waals surface area contributed by atoms with Crippen LogP contribution in [0.3, 0.4) is 0 Å². The van der Waals surface area contributed by atoms with Gasteiger partial charge in [0.25, 0.3) is 5.91 Å². The summed E-state index contributed by atoms with van der Waals surface area (Å²) in [5, 5.41) is 0.952. The minimum Gasteiger partial charge on any atom is -0.455 e. The summed E-state index contributed by atoms with van der Waals surface area (Å²) in [6, 6.07) is 21.6.